The lowest BCUT2D eigenvalue weighted by Crippen LogP contribution is -2.55. The Balaban J connectivity index is 1.38. The van der Waals surface area contributed by atoms with E-state index in [4.69, 9.17) is 9.47 Å². The fourth-order valence-electron chi connectivity index (χ4n) is 4.38. The van der Waals surface area contributed by atoms with Crippen LogP contribution in [-0.2, 0) is 14.3 Å². The zero-order valence-corrected chi connectivity index (χ0v) is 17.7. The monoisotopic (exact) mass is 430 g/mol. The Morgan fingerprint density at radius 1 is 1.03 bits per heavy atom. The van der Waals surface area contributed by atoms with Gasteiger partial charge in [-0.05, 0) is 25.0 Å². The maximum Gasteiger partial charge on any atom is 0.321 e. The molecule has 1 aliphatic carbocycles. The number of nitrogens with one attached hydrogen (secondary N) is 2. The Bertz CT molecular complexity index is 805. The number of nitrogens with zero attached hydrogens (tertiary/aromatic N) is 2. The number of rotatable bonds is 4. The van der Waals surface area contributed by atoms with Crippen LogP contribution in [0.2, 0.25) is 0 Å². The molecule has 9 nitrogen and oxygen atoms in total. The third-order valence-electron chi connectivity index (χ3n) is 5.99. The number of amides is 4. The van der Waals surface area contributed by atoms with Crippen LogP contribution in [0, 0.1) is 0 Å². The average Bonchev–Trinajstić information content (AvgIpc) is 2.79. The summed E-state index contributed by atoms with van der Waals surface area (Å²) in [5.74, 6) is 0.0284. The van der Waals surface area contributed by atoms with Gasteiger partial charge in [0.15, 0.2) is 6.10 Å². The van der Waals surface area contributed by atoms with Crippen LogP contribution < -0.4 is 20.3 Å². The second-order valence-electron chi connectivity index (χ2n) is 8.25. The first-order valence-corrected chi connectivity index (χ1v) is 11.1. The number of hydrogen-bond donors (Lipinski definition) is 2. The molecule has 1 aromatic rings. The first kappa shape index (κ1) is 21.4. The molecule has 168 valence electrons. The molecule has 1 saturated heterocycles. The Morgan fingerprint density at radius 2 is 1.77 bits per heavy atom. The van der Waals surface area contributed by atoms with E-state index in [1.807, 2.05) is 18.2 Å². The van der Waals surface area contributed by atoms with Crippen molar-refractivity contribution in [2.24, 2.45) is 0 Å². The molecule has 2 aliphatic heterocycles. The quantitative estimate of drug-likeness (QED) is 0.746. The Kier molecular flexibility index (Phi) is 6.91. The van der Waals surface area contributed by atoms with E-state index in [1.165, 1.54) is 6.42 Å². The molecule has 9 heteroatoms. The van der Waals surface area contributed by atoms with E-state index >= 15 is 0 Å². The first-order valence-electron chi connectivity index (χ1n) is 11.1. The standard InChI is InChI=1S/C22H30N4O5/c27-20(24-22(29)23-16-6-2-1-3-7-16)15-26-14-19(21(28)25-10-12-30-13-11-25)31-18-9-5-4-8-17(18)26/h4-5,8-9,16,19H,1-3,6-7,10-15H2,(H2,23,24,27,29)/t19-/m0/s1. The van der Waals surface area contributed by atoms with E-state index in [-0.39, 0.29) is 25.0 Å². The molecule has 3 aliphatic rings. The summed E-state index contributed by atoms with van der Waals surface area (Å²) in [6.07, 6.45) is 4.58. The van der Waals surface area contributed by atoms with Gasteiger partial charge in [0.2, 0.25) is 5.91 Å². The molecular weight excluding hydrogens is 400 g/mol. The SMILES string of the molecule is O=C(CN1C[C@@H](C(=O)N2CCOCC2)Oc2ccccc21)NC(=O)NC1CCCCC1. The van der Waals surface area contributed by atoms with Crippen molar-refractivity contribution in [3.05, 3.63) is 24.3 Å². The van der Waals surface area contributed by atoms with E-state index in [0.29, 0.717) is 32.1 Å². The van der Waals surface area contributed by atoms with Crippen LogP contribution in [-0.4, -0.2) is 74.3 Å². The van der Waals surface area contributed by atoms with E-state index in [9.17, 15) is 14.4 Å². The van der Waals surface area contributed by atoms with Crippen molar-refractivity contribution in [3.8, 4) is 5.75 Å². The fraction of sp³-hybridized carbons (Fsp3) is 0.591. The summed E-state index contributed by atoms with van der Waals surface area (Å²) in [4.78, 5) is 41.3. The van der Waals surface area contributed by atoms with Crippen molar-refractivity contribution in [2.45, 2.75) is 44.2 Å². The van der Waals surface area contributed by atoms with Gasteiger partial charge in [0.1, 0.15) is 5.75 Å². The number of benzene rings is 1. The highest BCUT2D eigenvalue weighted by Crippen LogP contribution is 2.33. The maximum atomic E-state index is 12.9. The number of carbonyl (C=O) groups excluding carboxylic acids is 3. The predicted molar refractivity (Wildman–Crippen MR) is 114 cm³/mol. The Labute approximate surface area is 182 Å². The maximum absolute atomic E-state index is 12.9. The lowest BCUT2D eigenvalue weighted by molar-refractivity contribution is -0.142. The molecule has 4 amide bonds. The summed E-state index contributed by atoms with van der Waals surface area (Å²) in [6, 6.07) is 6.98. The topological polar surface area (TPSA) is 100 Å². The molecular formula is C22H30N4O5. The Morgan fingerprint density at radius 3 is 2.55 bits per heavy atom. The van der Waals surface area contributed by atoms with Crippen LogP contribution in [0.3, 0.4) is 0 Å². The molecule has 2 N–H and O–H groups in total. The van der Waals surface area contributed by atoms with E-state index in [0.717, 1.165) is 31.4 Å². The van der Waals surface area contributed by atoms with Crippen LogP contribution in [0.25, 0.3) is 0 Å². The Hall–Kier alpha value is -2.81. The van der Waals surface area contributed by atoms with Gasteiger partial charge in [0, 0.05) is 19.1 Å². The molecule has 1 aromatic carbocycles. The molecule has 0 unspecified atom stereocenters. The first-order chi connectivity index (χ1) is 15.1. The lowest BCUT2D eigenvalue weighted by atomic mass is 9.96. The van der Waals surface area contributed by atoms with Gasteiger partial charge >= 0.3 is 6.03 Å². The van der Waals surface area contributed by atoms with E-state index in [2.05, 4.69) is 10.6 Å². The number of para-hydroxylation sites is 2. The van der Waals surface area contributed by atoms with Gasteiger partial charge in [-0.25, -0.2) is 4.79 Å². The number of anilines is 1. The minimum Gasteiger partial charge on any atom is -0.477 e. The predicted octanol–water partition coefficient (Wildman–Crippen LogP) is 1.27. The van der Waals surface area contributed by atoms with Gasteiger partial charge in [-0.2, -0.15) is 0 Å². The highest BCUT2D eigenvalue weighted by Gasteiger charge is 2.34. The van der Waals surface area contributed by atoms with Crippen molar-refractivity contribution >= 4 is 23.5 Å². The third-order valence-corrected chi connectivity index (χ3v) is 5.99. The van der Waals surface area contributed by atoms with Gasteiger partial charge in [-0.15, -0.1) is 0 Å². The summed E-state index contributed by atoms with van der Waals surface area (Å²) >= 11 is 0. The number of morpholine rings is 1. The number of ether oxygens (including phenoxy) is 2. The number of hydrogen-bond acceptors (Lipinski definition) is 6. The molecule has 1 saturated carbocycles. The molecule has 31 heavy (non-hydrogen) atoms. The van der Waals surface area contributed by atoms with Gasteiger partial charge < -0.3 is 24.6 Å². The summed E-state index contributed by atoms with van der Waals surface area (Å²) in [5, 5.41) is 5.32. The highest BCUT2D eigenvalue weighted by molar-refractivity contribution is 5.97. The van der Waals surface area contributed by atoms with Crippen molar-refractivity contribution in [3.63, 3.8) is 0 Å². The zero-order valence-electron chi connectivity index (χ0n) is 17.7. The summed E-state index contributed by atoms with van der Waals surface area (Å²) in [7, 11) is 0. The number of fused-ring (bicyclic) bond motifs is 1. The van der Waals surface area contributed by atoms with Crippen LogP contribution in [0.4, 0.5) is 10.5 Å². The number of urea groups is 1. The van der Waals surface area contributed by atoms with Gasteiger partial charge in [-0.1, -0.05) is 31.4 Å². The van der Waals surface area contributed by atoms with Crippen LogP contribution >= 0.6 is 0 Å². The van der Waals surface area contributed by atoms with E-state index in [1.54, 1.807) is 15.9 Å². The minimum absolute atomic E-state index is 0.0364. The van der Waals surface area contributed by atoms with Crippen molar-refractivity contribution in [2.75, 3.05) is 44.3 Å². The third kappa shape index (κ3) is 5.46. The van der Waals surface area contributed by atoms with Gasteiger partial charge in [-0.3, -0.25) is 14.9 Å². The largest absolute Gasteiger partial charge is 0.477 e. The summed E-state index contributed by atoms with van der Waals surface area (Å²) < 4.78 is 11.3. The second-order valence-corrected chi connectivity index (χ2v) is 8.25. The van der Waals surface area contributed by atoms with E-state index < -0.39 is 18.0 Å². The normalized spacial score (nSPS) is 21.6. The number of carbonyl (C=O) groups is 3. The molecule has 2 fully saturated rings. The minimum atomic E-state index is -0.711. The fourth-order valence-corrected chi connectivity index (χ4v) is 4.38. The lowest BCUT2D eigenvalue weighted by Gasteiger charge is -2.38. The smallest absolute Gasteiger partial charge is 0.321 e. The average molecular weight is 431 g/mol. The zero-order chi connectivity index (χ0) is 21.6. The van der Waals surface area contributed by atoms with Gasteiger partial charge in [0.25, 0.3) is 5.91 Å². The molecule has 0 radical (unpaired) electrons. The molecule has 1 atom stereocenters. The molecule has 0 bridgehead atoms. The van der Waals surface area contributed by atoms with Crippen LogP contribution in [0.1, 0.15) is 32.1 Å². The highest BCUT2D eigenvalue weighted by atomic mass is 16.5. The van der Waals surface area contributed by atoms with Crippen molar-refractivity contribution in [1.29, 1.82) is 0 Å². The van der Waals surface area contributed by atoms with Gasteiger partial charge in [0.05, 0.1) is 32.0 Å². The number of imide groups is 1. The summed E-state index contributed by atoms with van der Waals surface area (Å²) in [5.41, 5.74) is 0.733. The molecule has 0 spiro atoms. The van der Waals surface area contributed by atoms with Crippen LogP contribution in [0.5, 0.6) is 5.75 Å². The van der Waals surface area contributed by atoms with Crippen LogP contribution in [0.15, 0.2) is 24.3 Å². The van der Waals surface area contributed by atoms with Crippen molar-refractivity contribution < 1.29 is 23.9 Å². The molecule has 0 aromatic heterocycles. The second kappa shape index (κ2) is 10.00. The molecule has 2 heterocycles. The molecule has 4 rings (SSSR count). The van der Waals surface area contributed by atoms with Crippen molar-refractivity contribution in [1.82, 2.24) is 15.5 Å². The summed E-state index contributed by atoms with van der Waals surface area (Å²) in [6.45, 7) is 2.29.